The van der Waals surface area contributed by atoms with Crippen LogP contribution in [0.4, 0.5) is 5.95 Å². The van der Waals surface area contributed by atoms with Crippen LogP contribution in [0, 0.1) is 6.92 Å². The van der Waals surface area contributed by atoms with Crippen LogP contribution in [-0.4, -0.2) is 46.2 Å². The fourth-order valence-corrected chi connectivity index (χ4v) is 2.22. The average molecular weight is 292 g/mol. The molecule has 1 aliphatic heterocycles. The Labute approximate surface area is 121 Å². The maximum Gasteiger partial charge on any atom is 0.230 e. The molecule has 3 rings (SSSR count). The molecule has 3 heterocycles. The van der Waals surface area contributed by atoms with Crippen LogP contribution in [0.2, 0.25) is 5.28 Å². The van der Waals surface area contributed by atoms with Gasteiger partial charge in [-0.05, 0) is 30.2 Å². The van der Waals surface area contributed by atoms with E-state index in [2.05, 4.69) is 19.9 Å². The molecule has 0 N–H and O–H groups in total. The lowest BCUT2D eigenvalue weighted by Crippen LogP contribution is -2.37. The number of hydrogen-bond acceptors (Lipinski definition) is 6. The molecule has 0 aromatic carbocycles. The van der Waals surface area contributed by atoms with Crippen molar-refractivity contribution in [3.05, 3.63) is 29.3 Å². The zero-order valence-corrected chi connectivity index (χ0v) is 11.8. The van der Waals surface area contributed by atoms with E-state index in [-0.39, 0.29) is 5.28 Å². The molecule has 0 saturated carbocycles. The first kappa shape index (κ1) is 13.2. The normalized spacial score (nSPS) is 15.4. The second-order valence-corrected chi connectivity index (χ2v) is 4.86. The summed E-state index contributed by atoms with van der Waals surface area (Å²) >= 11 is 6.03. The highest BCUT2D eigenvalue weighted by molar-refractivity contribution is 6.28. The quantitative estimate of drug-likeness (QED) is 0.840. The molecule has 0 unspecified atom stereocenters. The van der Waals surface area contributed by atoms with Crippen LogP contribution in [0.15, 0.2) is 18.5 Å². The standard InChI is InChI=1S/C13H14ClN5O/c1-9-2-3-15-8-10(9)11-16-12(14)18-13(17-11)19-4-6-20-7-5-19/h2-3,8H,4-7H2,1H3. The number of aromatic nitrogens is 4. The first-order chi connectivity index (χ1) is 9.74. The summed E-state index contributed by atoms with van der Waals surface area (Å²) in [6.45, 7) is 4.84. The first-order valence-electron chi connectivity index (χ1n) is 6.39. The van der Waals surface area contributed by atoms with Gasteiger partial charge in [-0.25, -0.2) is 0 Å². The summed E-state index contributed by atoms with van der Waals surface area (Å²) < 4.78 is 5.33. The van der Waals surface area contributed by atoms with E-state index in [9.17, 15) is 0 Å². The summed E-state index contributed by atoms with van der Waals surface area (Å²) in [7, 11) is 0. The second kappa shape index (κ2) is 5.68. The zero-order chi connectivity index (χ0) is 13.9. The molecule has 104 valence electrons. The number of morpholine rings is 1. The maximum absolute atomic E-state index is 6.03. The van der Waals surface area contributed by atoms with Gasteiger partial charge in [0.1, 0.15) is 0 Å². The lowest BCUT2D eigenvalue weighted by Gasteiger charge is -2.26. The van der Waals surface area contributed by atoms with E-state index in [0.29, 0.717) is 25.0 Å². The molecule has 6 nitrogen and oxygen atoms in total. The summed E-state index contributed by atoms with van der Waals surface area (Å²) in [6, 6.07) is 1.92. The Bertz CT molecular complexity index is 615. The van der Waals surface area contributed by atoms with Crippen molar-refractivity contribution in [2.24, 2.45) is 0 Å². The van der Waals surface area contributed by atoms with Crippen LogP contribution in [0.25, 0.3) is 11.4 Å². The lowest BCUT2D eigenvalue weighted by molar-refractivity contribution is 0.122. The van der Waals surface area contributed by atoms with Gasteiger partial charge >= 0.3 is 0 Å². The Morgan fingerprint density at radius 2 is 2.00 bits per heavy atom. The third-order valence-electron chi connectivity index (χ3n) is 3.17. The lowest BCUT2D eigenvalue weighted by atomic mass is 10.1. The molecule has 20 heavy (non-hydrogen) atoms. The molecule has 1 fully saturated rings. The summed E-state index contributed by atoms with van der Waals surface area (Å²) in [5.41, 5.74) is 1.92. The molecule has 0 bridgehead atoms. The van der Waals surface area contributed by atoms with Gasteiger partial charge in [-0.3, -0.25) is 4.98 Å². The number of rotatable bonds is 2. The van der Waals surface area contributed by atoms with Crippen LogP contribution in [0.1, 0.15) is 5.56 Å². The third kappa shape index (κ3) is 2.71. The molecule has 2 aromatic heterocycles. The van der Waals surface area contributed by atoms with Crippen LogP contribution in [0.5, 0.6) is 0 Å². The smallest absolute Gasteiger partial charge is 0.230 e. The van der Waals surface area contributed by atoms with E-state index in [1.54, 1.807) is 12.4 Å². The highest BCUT2D eigenvalue weighted by Crippen LogP contribution is 2.22. The molecule has 7 heteroatoms. The molecule has 1 aliphatic rings. The molecule has 0 atom stereocenters. The van der Waals surface area contributed by atoms with Gasteiger partial charge in [-0.1, -0.05) is 0 Å². The van der Waals surface area contributed by atoms with Crippen molar-refractivity contribution < 1.29 is 4.74 Å². The minimum atomic E-state index is 0.194. The summed E-state index contributed by atoms with van der Waals surface area (Å²) in [5, 5.41) is 0.194. The number of aryl methyl sites for hydroxylation is 1. The Morgan fingerprint density at radius 1 is 1.20 bits per heavy atom. The molecule has 0 spiro atoms. The second-order valence-electron chi connectivity index (χ2n) is 4.52. The zero-order valence-electron chi connectivity index (χ0n) is 11.1. The third-order valence-corrected chi connectivity index (χ3v) is 3.34. The molecule has 0 aliphatic carbocycles. The van der Waals surface area contributed by atoms with Crippen molar-refractivity contribution >= 4 is 17.5 Å². The average Bonchev–Trinajstić information content (AvgIpc) is 2.48. The van der Waals surface area contributed by atoms with Gasteiger partial charge in [-0.15, -0.1) is 0 Å². The summed E-state index contributed by atoms with van der Waals surface area (Å²) in [4.78, 5) is 19.1. The predicted molar refractivity (Wildman–Crippen MR) is 75.8 cm³/mol. The molecule has 0 amide bonds. The molecule has 2 aromatic rings. The number of halogens is 1. The van der Waals surface area contributed by atoms with Crippen molar-refractivity contribution in [1.82, 2.24) is 19.9 Å². The van der Waals surface area contributed by atoms with Gasteiger partial charge in [0.25, 0.3) is 0 Å². The summed E-state index contributed by atoms with van der Waals surface area (Å²) in [5.74, 6) is 1.14. The van der Waals surface area contributed by atoms with Crippen LogP contribution >= 0.6 is 11.6 Å². The Hall–Kier alpha value is -1.79. The SMILES string of the molecule is Cc1ccncc1-c1nc(Cl)nc(N2CCOCC2)n1. The van der Waals surface area contributed by atoms with Crippen molar-refractivity contribution in [3.63, 3.8) is 0 Å². The number of ether oxygens (including phenoxy) is 1. The molecule has 1 saturated heterocycles. The van der Waals surface area contributed by atoms with Gasteiger partial charge in [-0.2, -0.15) is 15.0 Å². The Morgan fingerprint density at radius 3 is 2.75 bits per heavy atom. The number of pyridine rings is 1. The number of hydrogen-bond donors (Lipinski definition) is 0. The minimum Gasteiger partial charge on any atom is -0.378 e. The largest absolute Gasteiger partial charge is 0.378 e. The summed E-state index contributed by atoms with van der Waals surface area (Å²) in [6.07, 6.45) is 3.48. The van der Waals surface area contributed by atoms with E-state index in [1.807, 2.05) is 17.9 Å². The Balaban J connectivity index is 2.00. The number of anilines is 1. The van der Waals surface area contributed by atoms with Gasteiger partial charge < -0.3 is 9.64 Å². The monoisotopic (exact) mass is 291 g/mol. The molecular formula is C13H14ClN5O. The van der Waals surface area contributed by atoms with Gasteiger partial charge in [0, 0.05) is 31.0 Å². The van der Waals surface area contributed by atoms with E-state index in [1.165, 1.54) is 0 Å². The fraction of sp³-hybridized carbons (Fsp3) is 0.385. The topological polar surface area (TPSA) is 64.0 Å². The Kier molecular flexibility index (Phi) is 3.75. The van der Waals surface area contributed by atoms with Crippen molar-refractivity contribution in [3.8, 4) is 11.4 Å². The molecule has 0 radical (unpaired) electrons. The van der Waals surface area contributed by atoms with E-state index >= 15 is 0 Å². The van der Waals surface area contributed by atoms with E-state index < -0.39 is 0 Å². The molecular weight excluding hydrogens is 278 g/mol. The van der Waals surface area contributed by atoms with Gasteiger partial charge in [0.05, 0.1) is 13.2 Å². The van der Waals surface area contributed by atoms with Crippen molar-refractivity contribution in [2.75, 3.05) is 31.2 Å². The van der Waals surface area contributed by atoms with E-state index in [4.69, 9.17) is 16.3 Å². The minimum absolute atomic E-state index is 0.194. The van der Waals surface area contributed by atoms with Crippen LogP contribution in [0.3, 0.4) is 0 Å². The van der Waals surface area contributed by atoms with Gasteiger partial charge in [0.15, 0.2) is 5.82 Å². The van der Waals surface area contributed by atoms with Crippen molar-refractivity contribution in [2.45, 2.75) is 6.92 Å². The van der Waals surface area contributed by atoms with Crippen molar-refractivity contribution in [1.29, 1.82) is 0 Å². The van der Waals surface area contributed by atoms with Gasteiger partial charge in [0.2, 0.25) is 11.2 Å². The predicted octanol–water partition coefficient (Wildman–Crippen LogP) is 1.73. The highest BCUT2D eigenvalue weighted by Gasteiger charge is 2.17. The van der Waals surface area contributed by atoms with Crippen LogP contribution in [-0.2, 0) is 4.74 Å². The maximum atomic E-state index is 6.03. The van der Waals surface area contributed by atoms with Crippen LogP contribution < -0.4 is 4.90 Å². The fourth-order valence-electron chi connectivity index (χ4n) is 2.06. The highest BCUT2D eigenvalue weighted by atomic mass is 35.5. The number of nitrogens with zero attached hydrogens (tertiary/aromatic N) is 5. The first-order valence-corrected chi connectivity index (χ1v) is 6.77. The van der Waals surface area contributed by atoms with E-state index in [0.717, 1.165) is 24.2 Å².